The molecule has 3 atom stereocenters. The number of nitrogens with zero attached hydrogens (tertiary/aromatic N) is 3. The smallest absolute Gasteiger partial charge is 0.251 e. The third-order valence-electron chi connectivity index (χ3n) is 5.42. The van der Waals surface area contributed by atoms with Crippen molar-refractivity contribution in [3.8, 4) is 0 Å². The van der Waals surface area contributed by atoms with E-state index < -0.39 is 0 Å². The average Bonchev–Trinajstić information content (AvgIpc) is 3.26. The van der Waals surface area contributed by atoms with E-state index in [1.54, 1.807) is 6.26 Å². The Balaban J connectivity index is 1.36. The minimum absolute atomic E-state index is 0.186. The van der Waals surface area contributed by atoms with E-state index in [9.17, 15) is 4.79 Å². The predicted molar refractivity (Wildman–Crippen MR) is 84.9 cm³/mol. The largest absolute Gasteiger partial charge is 0.468 e. The summed E-state index contributed by atoms with van der Waals surface area (Å²) in [5.41, 5.74) is 0. The average molecular weight is 319 g/mol. The van der Waals surface area contributed by atoms with Crippen molar-refractivity contribution in [2.24, 2.45) is 0 Å². The molecule has 1 aromatic rings. The molecule has 0 N–H and O–H groups in total. The van der Waals surface area contributed by atoms with Gasteiger partial charge in [0.05, 0.1) is 18.9 Å². The molecule has 0 unspecified atom stereocenters. The van der Waals surface area contributed by atoms with Gasteiger partial charge in [-0.2, -0.15) is 0 Å². The molecule has 0 aromatic carbocycles. The molecule has 1 aromatic heterocycles. The summed E-state index contributed by atoms with van der Waals surface area (Å²) in [4.78, 5) is 19.3. The van der Waals surface area contributed by atoms with Crippen molar-refractivity contribution < 1.29 is 13.9 Å². The van der Waals surface area contributed by atoms with Crippen LogP contribution in [-0.4, -0.2) is 78.6 Å². The van der Waals surface area contributed by atoms with Crippen molar-refractivity contribution in [3.63, 3.8) is 0 Å². The first kappa shape index (κ1) is 15.2. The van der Waals surface area contributed by atoms with E-state index in [-0.39, 0.29) is 18.1 Å². The molecule has 6 nitrogen and oxygen atoms in total. The Labute approximate surface area is 137 Å². The third-order valence-corrected chi connectivity index (χ3v) is 5.42. The van der Waals surface area contributed by atoms with Crippen molar-refractivity contribution in [1.29, 1.82) is 0 Å². The number of fused-ring (bicyclic) bond motifs is 1. The quantitative estimate of drug-likeness (QED) is 0.824. The number of rotatable bonds is 3. The number of carbonyl (C=O) groups is 1. The molecule has 0 spiro atoms. The molecule has 0 bridgehead atoms. The summed E-state index contributed by atoms with van der Waals surface area (Å²) in [5, 5.41) is 0. The van der Waals surface area contributed by atoms with Crippen LogP contribution in [0.1, 0.15) is 18.6 Å². The highest BCUT2D eigenvalue weighted by Crippen LogP contribution is 2.34. The van der Waals surface area contributed by atoms with Crippen LogP contribution in [0.4, 0.5) is 0 Å². The second-order valence-corrected chi connectivity index (χ2v) is 6.93. The fourth-order valence-corrected chi connectivity index (χ4v) is 4.02. The van der Waals surface area contributed by atoms with Gasteiger partial charge in [-0.25, -0.2) is 0 Å². The zero-order valence-corrected chi connectivity index (χ0v) is 13.7. The molecule has 6 heteroatoms. The van der Waals surface area contributed by atoms with Gasteiger partial charge >= 0.3 is 0 Å². The fourth-order valence-electron chi connectivity index (χ4n) is 4.02. The third kappa shape index (κ3) is 3.03. The van der Waals surface area contributed by atoms with Gasteiger partial charge in [-0.15, -0.1) is 0 Å². The topological polar surface area (TPSA) is 49.2 Å². The second-order valence-electron chi connectivity index (χ2n) is 6.93. The molecule has 3 aliphatic heterocycles. The summed E-state index contributed by atoms with van der Waals surface area (Å²) >= 11 is 0. The normalized spacial score (nSPS) is 32.4. The van der Waals surface area contributed by atoms with Crippen LogP contribution in [0, 0.1) is 0 Å². The lowest BCUT2D eigenvalue weighted by molar-refractivity contribution is -0.144. The van der Waals surface area contributed by atoms with E-state index in [1.165, 1.54) is 0 Å². The SMILES string of the molecule is CN1CCN(C(=O)[C@H]2C[C@H]3[C@H](CCN3Cc3ccco3)O2)CC1. The lowest BCUT2D eigenvalue weighted by atomic mass is 10.1. The summed E-state index contributed by atoms with van der Waals surface area (Å²) in [6.45, 7) is 5.38. The van der Waals surface area contributed by atoms with Gasteiger partial charge < -0.3 is 19.0 Å². The molecule has 1 amide bonds. The van der Waals surface area contributed by atoms with Crippen molar-refractivity contribution in [3.05, 3.63) is 24.2 Å². The Kier molecular flexibility index (Phi) is 4.13. The van der Waals surface area contributed by atoms with E-state index in [4.69, 9.17) is 9.15 Å². The molecular weight excluding hydrogens is 294 g/mol. The zero-order valence-electron chi connectivity index (χ0n) is 13.7. The number of carbonyl (C=O) groups excluding carboxylic acids is 1. The number of likely N-dealkylation sites (tertiary alicyclic amines) is 1. The van der Waals surface area contributed by atoms with Crippen molar-refractivity contribution >= 4 is 5.91 Å². The number of amides is 1. The van der Waals surface area contributed by atoms with E-state index in [0.29, 0.717) is 6.04 Å². The van der Waals surface area contributed by atoms with Gasteiger partial charge in [0.1, 0.15) is 11.9 Å². The standard InChI is InChI=1S/C17H25N3O3/c1-18-6-8-19(9-7-18)17(21)16-11-14-15(23-16)4-5-20(14)12-13-3-2-10-22-13/h2-3,10,14-16H,4-9,11-12H2,1H3/t14-,15-,16+/m0/s1. The highest BCUT2D eigenvalue weighted by molar-refractivity contribution is 5.81. The zero-order chi connectivity index (χ0) is 15.8. The molecule has 3 fully saturated rings. The van der Waals surface area contributed by atoms with Gasteiger partial charge in [0.15, 0.2) is 0 Å². The van der Waals surface area contributed by atoms with Crippen LogP contribution < -0.4 is 0 Å². The lowest BCUT2D eigenvalue weighted by Gasteiger charge is -2.34. The summed E-state index contributed by atoms with van der Waals surface area (Å²) < 4.78 is 11.6. The first-order valence-corrected chi connectivity index (χ1v) is 8.60. The maximum Gasteiger partial charge on any atom is 0.251 e. The Hall–Kier alpha value is -1.37. The van der Waals surface area contributed by atoms with Gasteiger partial charge in [0, 0.05) is 45.2 Å². The Bertz CT molecular complexity index is 539. The molecule has 3 saturated heterocycles. The van der Waals surface area contributed by atoms with Crippen LogP contribution in [-0.2, 0) is 16.1 Å². The molecule has 23 heavy (non-hydrogen) atoms. The molecule has 0 radical (unpaired) electrons. The molecule has 0 aliphatic carbocycles. The van der Waals surface area contributed by atoms with Gasteiger partial charge in [-0.1, -0.05) is 0 Å². The molecule has 3 aliphatic rings. The fraction of sp³-hybridized carbons (Fsp3) is 0.706. The molecular formula is C17H25N3O3. The summed E-state index contributed by atoms with van der Waals surface area (Å²) in [7, 11) is 2.10. The molecule has 4 rings (SSSR count). The molecule has 4 heterocycles. The van der Waals surface area contributed by atoms with Crippen molar-refractivity contribution in [1.82, 2.24) is 14.7 Å². The highest BCUT2D eigenvalue weighted by atomic mass is 16.5. The van der Waals surface area contributed by atoms with E-state index in [0.717, 1.165) is 57.9 Å². The van der Waals surface area contributed by atoms with Crippen LogP contribution in [0.15, 0.2) is 22.8 Å². The van der Waals surface area contributed by atoms with Gasteiger partial charge in [0.25, 0.3) is 5.91 Å². The number of piperazine rings is 1. The van der Waals surface area contributed by atoms with Gasteiger partial charge in [-0.3, -0.25) is 9.69 Å². The minimum atomic E-state index is -0.257. The number of ether oxygens (including phenoxy) is 1. The van der Waals surface area contributed by atoms with E-state index in [1.807, 2.05) is 17.0 Å². The van der Waals surface area contributed by atoms with Crippen LogP contribution in [0.2, 0.25) is 0 Å². The van der Waals surface area contributed by atoms with Crippen LogP contribution in [0.25, 0.3) is 0 Å². The lowest BCUT2D eigenvalue weighted by Crippen LogP contribution is -2.50. The first-order valence-electron chi connectivity index (χ1n) is 8.60. The Morgan fingerprint density at radius 1 is 1.26 bits per heavy atom. The maximum absolute atomic E-state index is 12.7. The Morgan fingerprint density at radius 3 is 2.83 bits per heavy atom. The summed E-state index contributed by atoms with van der Waals surface area (Å²) in [6.07, 6.45) is 3.49. The number of hydrogen-bond donors (Lipinski definition) is 0. The highest BCUT2D eigenvalue weighted by Gasteiger charge is 2.46. The van der Waals surface area contributed by atoms with Crippen LogP contribution in [0.5, 0.6) is 0 Å². The van der Waals surface area contributed by atoms with Crippen molar-refractivity contribution in [2.75, 3.05) is 39.8 Å². The molecule has 126 valence electrons. The van der Waals surface area contributed by atoms with E-state index in [2.05, 4.69) is 16.8 Å². The summed E-state index contributed by atoms with van der Waals surface area (Å²) in [6, 6.07) is 4.28. The van der Waals surface area contributed by atoms with Gasteiger partial charge in [-0.05, 0) is 25.6 Å². The molecule has 0 saturated carbocycles. The van der Waals surface area contributed by atoms with Crippen LogP contribution in [0.3, 0.4) is 0 Å². The number of furan rings is 1. The second kappa shape index (κ2) is 6.26. The Morgan fingerprint density at radius 2 is 2.09 bits per heavy atom. The monoisotopic (exact) mass is 319 g/mol. The summed E-state index contributed by atoms with van der Waals surface area (Å²) in [5.74, 6) is 1.17. The number of hydrogen-bond acceptors (Lipinski definition) is 5. The predicted octanol–water partition coefficient (Wildman–Crippen LogP) is 0.785. The van der Waals surface area contributed by atoms with Crippen molar-refractivity contribution in [2.45, 2.75) is 37.6 Å². The van der Waals surface area contributed by atoms with Gasteiger partial charge in [0.2, 0.25) is 0 Å². The van der Waals surface area contributed by atoms with Crippen LogP contribution >= 0.6 is 0 Å². The number of likely N-dealkylation sites (N-methyl/N-ethyl adjacent to an activating group) is 1. The van der Waals surface area contributed by atoms with E-state index >= 15 is 0 Å². The maximum atomic E-state index is 12.7. The first-order chi connectivity index (χ1) is 11.2. The minimum Gasteiger partial charge on any atom is -0.468 e.